The van der Waals surface area contributed by atoms with Crippen molar-refractivity contribution in [2.24, 2.45) is 7.05 Å². The van der Waals surface area contributed by atoms with Crippen LogP contribution in [0.2, 0.25) is 0 Å². The zero-order valence-corrected chi connectivity index (χ0v) is 11.8. The van der Waals surface area contributed by atoms with Gasteiger partial charge in [-0.05, 0) is 18.6 Å². The molecule has 1 N–H and O–H groups in total. The SMILES string of the molecule is CCc1nn(C)cc1CNc1cccc(OCC#N)c1. The van der Waals surface area contributed by atoms with Crippen molar-refractivity contribution in [1.29, 1.82) is 5.26 Å². The molecule has 1 aromatic carbocycles. The Morgan fingerprint density at radius 2 is 2.30 bits per heavy atom. The van der Waals surface area contributed by atoms with Crippen LogP contribution in [0.15, 0.2) is 30.5 Å². The van der Waals surface area contributed by atoms with Crippen molar-refractivity contribution >= 4 is 5.69 Å². The van der Waals surface area contributed by atoms with E-state index in [1.807, 2.05) is 48.3 Å². The molecule has 0 aliphatic rings. The van der Waals surface area contributed by atoms with E-state index in [2.05, 4.69) is 17.3 Å². The lowest BCUT2D eigenvalue weighted by molar-refractivity contribution is 0.368. The molecule has 0 amide bonds. The van der Waals surface area contributed by atoms with Gasteiger partial charge in [-0.25, -0.2) is 0 Å². The summed E-state index contributed by atoms with van der Waals surface area (Å²) in [6, 6.07) is 9.56. The van der Waals surface area contributed by atoms with Gasteiger partial charge in [-0.2, -0.15) is 10.4 Å². The number of ether oxygens (including phenoxy) is 1. The number of nitriles is 1. The molecule has 0 saturated heterocycles. The minimum atomic E-state index is 0.0615. The van der Waals surface area contributed by atoms with E-state index < -0.39 is 0 Å². The van der Waals surface area contributed by atoms with E-state index in [0.29, 0.717) is 5.75 Å². The average molecular weight is 270 g/mol. The molecule has 0 radical (unpaired) electrons. The number of aryl methyl sites for hydroxylation is 2. The Labute approximate surface area is 118 Å². The van der Waals surface area contributed by atoms with E-state index >= 15 is 0 Å². The number of hydrogen-bond acceptors (Lipinski definition) is 4. The maximum absolute atomic E-state index is 8.51. The van der Waals surface area contributed by atoms with Gasteiger partial charge in [-0.3, -0.25) is 4.68 Å². The molecule has 0 unspecified atom stereocenters. The Morgan fingerprint density at radius 1 is 1.45 bits per heavy atom. The molecule has 104 valence electrons. The van der Waals surface area contributed by atoms with Crippen molar-refractivity contribution in [3.8, 4) is 11.8 Å². The summed E-state index contributed by atoms with van der Waals surface area (Å²) < 4.78 is 7.11. The van der Waals surface area contributed by atoms with Crippen LogP contribution in [0.3, 0.4) is 0 Å². The Balaban J connectivity index is 2.01. The Morgan fingerprint density at radius 3 is 3.05 bits per heavy atom. The van der Waals surface area contributed by atoms with Crippen LogP contribution in [0.4, 0.5) is 5.69 Å². The van der Waals surface area contributed by atoms with Gasteiger partial charge < -0.3 is 10.1 Å². The van der Waals surface area contributed by atoms with Crippen molar-refractivity contribution in [3.05, 3.63) is 41.7 Å². The minimum Gasteiger partial charge on any atom is -0.479 e. The van der Waals surface area contributed by atoms with Crippen molar-refractivity contribution < 1.29 is 4.74 Å². The summed E-state index contributed by atoms with van der Waals surface area (Å²) >= 11 is 0. The molecule has 2 aromatic rings. The smallest absolute Gasteiger partial charge is 0.174 e. The first-order chi connectivity index (χ1) is 9.72. The molecule has 0 saturated carbocycles. The van der Waals surface area contributed by atoms with Crippen LogP contribution in [-0.2, 0) is 20.0 Å². The predicted octanol–water partition coefficient (Wildman–Crippen LogP) is 2.50. The number of anilines is 1. The van der Waals surface area contributed by atoms with Crippen LogP contribution in [-0.4, -0.2) is 16.4 Å². The lowest BCUT2D eigenvalue weighted by Gasteiger charge is -2.08. The summed E-state index contributed by atoms with van der Waals surface area (Å²) in [7, 11) is 1.93. The fourth-order valence-electron chi connectivity index (χ4n) is 2.04. The van der Waals surface area contributed by atoms with E-state index in [4.69, 9.17) is 10.00 Å². The van der Waals surface area contributed by atoms with E-state index in [1.54, 1.807) is 0 Å². The molecular formula is C15H18N4O. The molecule has 20 heavy (non-hydrogen) atoms. The van der Waals surface area contributed by atoms with Gasteiger partial charge in [0.25, 0.3) is 0 Å². The van der Waals surface area contributed by atoms with E-state index in [9.17, 15) is 0 Å². The first-order valence-corrected chi connectivity index (χ1v) is 6.58. The number of nitrogens with one attached hydrogen (secondary N) is 1. The molecule has 0 spiro atoms. The first-order valence-electron chi connectivity index (χ1n) is 6.58. The quantitative estimate of drug-likeness (QED) is 0.876. The highest BCUT2D eigenvalue weighted by Crippen LogP contribution is 2.18. The lowest BCUT2D eigenvalue weighted by atomic mass is 10.2. The number of aromatic nitrogens is 2. The van der Waals surface area contributed by atoms with Gasteiger partial charge in [0.1, 0.15) is 11.8 Å². The summed E-state index contributed by atoms with van der Waals surface area (Å²) in [4.78, 5) is 0. The zero-order chi connectivity index (χ0) is 14.4. The Hall–Kier alpha value is -2.48. The van der Waals surface area contributed by atoms with Gasteiger partial charge >= 0.3 is 0 Å². The summed E-state index contributed by atoms with van der Waals surface area (Å²) in [5.41, 5.74) is 3.27. The van der Waals surface area contributed by atoms with Crippen LogP contribution in [0, 0.1) is 11.3 Å². The number of benzene rings is 1. The first kappa shape index (κ1) is 13.9. The molecule has 0 aliphatic carbocycles. The molecule has 1 aromatic heterocycles. The van der Waals surface area contributed by atoms with Crippen molar-refractivity contribution in [3.63, 3.8) is 0 Å². The highest BCUT2D eigenvalue weighted by Gasteiger charge is 2.05. The van der Waals surface area contributed by atoms with Crippen molar-refractivity contribution in [2.75, 3.05) is 11.9 Å². The third-order valence-electron chi connectivity index (χ3n) is 2.95. The van der Waals surface area contributed by atoms with Gasteiger partial charge in [0.2, 0.25) is 0 Å². The highest BCUT2D eigenvalue weighted by atomic mass is 16.5. The lowest BCUT2D eigenvalue weighted by Crippen LogP contribution is -2.01. The largest absolute Gasteiger partial charge is 0.479 e. The number of hydrogen-bond donors (Lipinski definition) is 1. The molecule has 0 atom stereocenters. The molecule has 1 heterocycles. The van der Waals surface area contributed by atoms with E-state index in [1.165, 1.54) is 5.56 Å². The predicted molar refractivity (Wildman–Crippen MR) is 77.5 cm³/mol. The normalized spacial score (nSPS) is 10.1. The maximum Gasteiger partial charge on any atom is 0.174 e. The molecule has 5 heteroatoms. The Bertz CT molecular complexity index is 613. The van der Waals surface area contributed by atoms with Crippen molar-refractivity contribution in [2.45, 2.75) is 19.9 Å². The molecule has 0 bridgehead atoms. The molecule has 0 aliphatic heterocycles. The fraction of sp³-hybridized carbons (Fsp3) is 0.333. The summed E-state index contributed by atoms with van der Waals surface area (Å²) in [6.07, 6.45) is 2.95. The summed E-state index contributed by atoms with van der Waals surface area (Å²) in [6.45, 7) is 2.88. The van der Waals surface area contributed by atoms with Gasteiger partial charge in [0.15, 0.2) is 6.61 Å². The third-order valence-corrected chi connectivity index (χ3v) is 2.95. The van der Waals surface area contributed by atoms with Crippen LogP contribution in [0.25, 0.3) is 0 Å². The van der Waals surface area contributed by atoms with E-state index in [-0.39, 0.29) is 6.61 Å². The van der Waals surface area contributed by atoms with Crippen LogP contribution in [0.5, 0.6) is 5.75 Å². The standard InChI is InChI=1S/C15H18N4O/c1-3-15-12(11-19(2)18-15)10-17-13-5-4-6-14(9-13)20-8-7-16/h4-6,9,11,17H,3,8,10H2,1-2H3. The average Bonchev–Trinajstić information content (AvgIpc) is 2.83. The Kier molecular flexibility index (Phi) is 4.61. The van der Waals surface area contributed by atoms with Crippen molar-refractivity contribution in [1.82, 2.24) is 9.78 Å². The van der Waals surface area contributed by atoms with E-state index in [0.717, 1.165) is 24.3 Å². The van der Waals surface area contributed by atoms with Crippen LogP contribution >= 0.6 is 0 Å². The van der Waals surface area contributed by atoms with Gasteiger partial charge in [0, 0.05) is 37.1 Å². The van der Waals surface area contributed by atoms with Crippen LogP contribution < -0.4 is 10.1 Å². The second kappa shape index (κ2) is 6.62. The monoisotopic (exact) mass is 270 g/mol. The second-order valence-corrected chi connectivity index (χ2v) is 4.46. The minimum absolute atomic E-state index is 0.0615. The third kappa shape index (κ3) is 3.51. The van der Waals surface area contributed by atoms with Gasteiger partial charge in [0.05, 0.1) is 5.69 Å². The summed E-state index contributed by atoms with van der Waals surface area (Å²) in [5, 5.41) is 16.3. The maximum atomic E-state index is 8.51. The molecular weight excluding hydrogens is 252 g/mol. The van der Waals surface area contributed by atoms with Gasteiger partial charge in [-0.1, -0.05) is 13.0 Å². The van der Waals surface area contributed by atoms with Gasteiger partial charge in [-0.15, -0.1) is 0 Å². The second-order valence-electron chi connectivity index (χ2n) is 4.46. The molecule has 2 rings (SSSR count). The van der Waals surface area contributed by atoms with Crippen LogP contribution in [0.1, 0.15) is 18.2 Å². The molecule has 5 nitrogen and oxygen atoms in total. The highest BCUT2D eigenvalue weighted by molar-refractivity contribution is 5.48. The number of nitrogens with zero attached hydrogens (tertiary/aromatic N) is 3. The molecule has 0 fully saturated rings. The zero-order valence-electron chi connectivity index (χ0n) is 11.8. The summed E-state index contributed by atoms with van der Waals surface area (Å²) in [5.74, 6) is 0.693. The fourth-order valence-corrected chi connectivity index (χ4v) is 2.04. The number of rotatable bonds is 6. The topological polar surface area (TPSA) is 62.9 Å².